The molecule has 0 saturated heterocycles. The van der Waals surface area contributed by atoms with Gasteiger partial charge in [0.2, 0.25) is 0 Å². The second-order valence-electron chi connectivity index (χ2n) is 3.36. The van der Waals surface area contributed by atoms with Crippen molar-refractivity contribution in [2.45, 2.75) is 35.6 Å². The third-order valence-electron chi connectivity index (χ3n) is 2.25. The van der Waals surface area contributed by atoms with Gasteiger partial charge in [0.05, 0.1) is 6.20 Å². The molecule has 0 radical (unpaired) electrons. The zero-order valence-corrected chi connectivity index (χ0v) is 8.20. The lowest BCUT2D eigenvalue weighted by Gasteiger charge is -2.06. The number of nitrogens with zero attached hydrogens (tertiary/aromatic N) is 2. The van der Waals surface area contributed by atoms with E-state index >= 15 is 0 Å². The molecule has 3 nitrogen and oxygen atoms in total. The minimum atomic E-state index is 0.397. The molecule has 2 unspecified atom stereocenters. The Morgan fingerprint density at radius 2 is 2.31 bits per heavy atom. The first-order chi connectivity index (χ1) is 6.34. The first-order valence-electron chi connectivity index (χ1n) is 4.53. The van der Waals surface area contributed by atoms with Crippen LogP contribution in [0.4, 0.5) is 0 Å². The molecule has 70 valence electrons. The summed E-state index contributed by atoms with van der Waals surface area (Å²) in [5.41, 5.74) is 5.83. The Kier molecular flexibility index (Phi) is 2.80. The number of thioether (sulfide) groups is 1. The molecule has 2 rings (SSSR count). The molecule has 0 aromatic carbocycles. The molecule has 0 aliphatic heterocycles. The summed E-state index contributed by atoms with van der Waals surface area (Å²) in [5.74, 6) is 0. The van der Waals surface area contributed by atoms with Crippen LogP contribution in [0.1, 0.15) is 19.3 Å². The first-order valence-corrected chi connectivity index (χ1v) is 5.41. The van der Waals surface area contributed by atoms with Crippen molar-refractivity contribution in [3.63, 3.8) is 0 Å². The molecule has 1 aromatic heterocycles. The van der Waals surface area contributed by atoms with Crippen molar-refractivity contribution in [1.82, 2.24) is 9.97 Å². The topological polar surface area (TPSA) is 51.8 Å². The maximum absolute atomic E-state index is 5.83. The van der Waals surface area contributed by atoms with Crippen LogP contribution in [0.15, 0.2) is 23.6 Å². The third-order valence-corrected chi connectivity index (χ3v) is 3.47. The SMILES string of the molecule is NC1CCC(Sc2cnccn2)C1. The van der Waals surface area contributed by atoms with E-state index in [0.29, 0.717) is 11.3 Å². The average molecular weight is 195 g/mol. The summed E-state index contributed by atoms with van der Waals surface area (Å²) in [5, 5.41) is 1.66. The lowest BCUT2D eigenvalue weighted by atomic mass is 10.3. The van der Waals surface area contributed by atoms with Gasteiger partial charge in [-0.25, -0.2) is 4.98 Å². The number of aromatic nitrogens is 2. The average Bonchev–Trinajstić information content (AvgIpc) is 2.53. The lowest BCUT2D eigenvalue weighted by molar-refractivity contribution is 0.705. The van der Waals surface area contributed by atoms with Crippen molar-refractivity contribution in [3.8, 4) is 0 Å². The molecule has 0 amide bonds. The van der Waals surface area contributed by atoms with E-state index < -0.39 is 0 Å². The van der Waals surface area contributed by atoms with E-state index in [-0.39, 0.29) is 0 Å². The lowest BCUT2D eigenvalue weighted by Crippen LogP contribution is -2.15. The quantitative estimate of drug-likeness (QED) is 0.776. The number of hydrogen-bond donors (Lipinski definition) is 1. The van der Waals surface area contributed by atoms with Gasteiger partial charge in [0.25, 0.3) is 0 Å². The van der Waals surface area contributed by atoms with E-state index in [1.54, 1.807) is 24.2 Å². The second kappa shape index (κ2) is 4.07. The van der Waals surface area contributed by atoms with Gasteiger partial charge in [-0.2, -0.15) is 0 Å². The molecule has 1 aliphatic carbocycles. The van der Waals surface area contributed by atoms with E-state index in [2.05, 4.69) is 9.97 Å². The molecule has 1 saturated carbocycles. The minimum absolute atomic E-state index is 0.397. The molecular weight excluding hydrogens is 182 g/mol. The van der Waals surface area contributed by atoms with Crippen LogP contribution in [0.2, 0.25) is 0 Å². The molecule has 1 aromatic rings. The van der Waals surface area contributed by atoms with Gasteiger partial charge in [-0.05, 0) is 19.3 Å². The molecule has 2 atom stereocenters. The molecule has 1 aliphatic rings. The normalized spacial score (nSPS) is 27.8. The molecule has 0 bridgehead atoms. The van der Waals surface area contributed by atoms with E-state index in [4.69, 9.17) is 5.73 Å². The second-order valence-corrected chi connectivity index (χ2v) is 4.68. The van der Waals surface area contributed by atoms with Crippen LogP contribution < -0.4 is 5.73 Å². The molecular formula is C9H13N3S. The van der Waals surface area contributed by atoms with Crippen molar-refractivity contribution in [2.75, 3.05) is 0 Å². The Hall–Kier alpha value is -0.610. The van der Waals surface area contributed by atoms with Gasteiger partial charge < -0.3 is 5.73 Å². The first kappa shape index (κ1) is 8.97. The zero-order valence-electron chi connectivity index (χ0n) is 7.39. The van der Waals surface area contributed by atoms with Crippen LogP contribution in [0.3, 0.4) is 0 Å². The van der Waals surface area contributed by atoms with Crippen LogP contribution in [0.25, 0.3) is 0 Å². The van der Waals surface area contributed by atoms with Gasteiger partial charge in [0.15, 0.2) is 0 Å². The van der Waals surface area contributed by atoms with Crippen molar-refractivity contribution in [3.05, 3.63) is 18.6 Å². The zero-order chi connectivity index (χ0) is 9.10. The maximum atomic E-state index is 5.83. The fourth-order valence-corrected chi connectivity index (χ4v) is 2.78. The molecule has 0 spiro atoms. The van der Waals surface area contributed by atoms with Crippen LogP contribution in [-0.2, 0) is 0 Å². The highest BCUT2D eigenvalue weighted by Gasteiger charge is 2.22. The van der Waals surface area contributed by atoms with Gasteiger partial charge in [0.1, 0.15) is 5.03 Å². The summed E-state index contributed by atoms with van der Waals surface area (Å²) in [6, 6.07) is 0.397. The van der Waals surface area contributed by atoms with Gasteiger partial charge in [-0.3, -0.25) is 4.98 Å². The van der Waals surface area contributed by atoms with Crippen molar-refractivity contribution >= 4 is 11.8 Å². The standard InChI is InChI=1S/C9H13N3S/c10-7-1-2-8(5-7)13-9-6-11-3-4-12-9/h3-4,6-8H,1-2,5,10H2. The predicted octanol–water partition coefficient (Wildman–Crippen LogP) is 1.45. The number of rotatable bonds is 2. The highest BCUT2D eigenvalue weighted by atomic mass is 32.2. The Balaban J connectivity index is 1.92. The summed E-state index contributed by atoms with van der Waals surface area (Å²) in [6.07, 6.45) is 8.72. The molecule has 13 heavy (non-hydrogen) atoms. The van der Waals surface area contributed by atoms with Gasteiger partial charge in [0, 0.05) is 23.7 Å². The fourth-order valence-electron chi connectivity index (χ4n) is 1.60. The van der Waals surface area contributed by atoms with E-state index in [9.17, 15) is 0 Å². The van der Waals surface area contributed by atoms with Crippen molar-refractivity contribution in [2.24, 2.45) is 5.73 Å². The Morgan fingerprint density at radius 3 is 2.92 bits per heavy atom. The van der Waals surface area contributed by atoms with Crippen molar-refractivity contribution in [1.29, 1.82) is 0 Å². The Morgan fingerprint density at radius 1 is 1.38 bits per heavy atom. The third kappa shape index (κ3) is 2.42. The van der Waals surface area contributed by atoms with E-state index in [1.165, 1.54) is 6.42 Å². The molecule has 2 N–H and O–H groups in total. The van der Waals surface area contributed by atoms with Crippen molar-refractivity contribution < 1.29 is 0 Å². The number of hydrogen-bond acceptors (Lipinski definition) is 4. The van der Waals surface area contributed by atoms with Gasteiger partial charge >= 0.3 is 0 Å². The number of nitrogens with two attached hydrogens (primary N) is 1. The van der Waals surface area contributed by atoms with Crippen LogP contribution in [-0.4, -0.2) is 21.3 Å². The minimum Gasteiger partial charge on any atom is -0.328 e. The largest absolute Gasteiger partial charge is 0.328 e. The summed E-state index contributed by atoms with van der Waals surface area (Å²) < 4.78 is 0. The fraction of sp³-hybridized carbons (Fsp3) is 0.556. The predicted molar refractivity (Wildman–Crippen MR) is 53.5 cm³/mol. The van der Waals surface area contributed by atoms with Crippen LogP contribution in [0, 0.1) is 0 Å². The smallest absolute Gasteiger partial charge is 0.115 e. The highest BCUT2D eigenvalue weighted by molar-refractivity contribution is 7.99. The summed E-state index contributed by atoms with van der Waals surface area (Å²) >= 11 is 1.80. The van der Waals surface area contributed by atoms with Crippen LogP contribution >= 0.6 is 11.8 Å². The highest BCUT2D eigenvalue weighted by Crippen LogP contribution is 2.32. The summed E-state index contributed by atoms with van der Waals surface area (Å²) in [4.78, 5) is 8.26. The van der Waals surface area contributed by atoms with Crippen LogP contribution in [0.5, 0.6) is 0 Å². The van der Waals surface area contributed by atoms with E-state index in [1.807, 2.05) is 6.20 Å². The summed E-state index contributed by atoms with van der Waals surface area (Å²) in [6.45, 7) is 0. The molecule has 1 fully saturated rings. The van der Waals surface area contributed by atoms with E-state index in [0.717, 1.165) is 17.9 Å². The Labute approximate surface area is 82.2 Å². The maximum Gasteiger partial charge on any atom is 0.115 e. The van der Waals surface area contributed by atoms with Gasteiger partial charge in [-0.1, -0.05) is 0 Å². The van der Waals surface area contributed by atoms with Gasteiger partial charge in [-0.15, -0.1) is 11.8 Å². The Bertz CT molecular complexity index is 265. The molecule has 1 heterocycles. The molecule has 4 heteroatoms. The summed E-state index contributed by atoms with van der Waals surface area (Å²) in [7, 11) is 0. The monoisotopic (exact) mass is 195 g/mol.